The highest BCUT2D eigenvalue weighted by Crippen LogP contribution is 2.26. The highest BCUT2D eigenvalue weighted by Gasteiger charge is 2.32. The van der Waals surface area contributed by atoms with Crippen LogP contribution in [0, 0.1) is 11.2 Å². The molecule has 0 aliphatic carbocycles. The van der Waals surface area contributed by atoms with Crippen molar-refractivity contribution in [1.82, 2.24) is 9.55 Å². The molecular formula is C15H17FN2O2. The minimum atomic E-state index is -0.817. The maximum Gasteiger partial charge on any atom is 0.236 e. The summed E-state index contributed by atoms with van der Waals surface area (Å²) >= 11 is 0. The average Bonchev–Trinajstić information content (AvgIpc) is 2.90. The minimum absolute atomic E-state index is 0.0835. The van der Waals surface area contributed by atoms with E-state index in [4.69, 9.17) is 4.74 Å². The van der Waals surface area contributed by atoms with Crippen molar-refractivity contribution in [2.75, 3.05) is 0 Å². The summed E-state index contributed by atoms with van der Waals surface area (Å²) in [5.74, 6) is 0.00111. The second kappa shape index (κ2) is 5.45. The Balaban J connectivity index is 2.28. The van der Waals surface area contributed by atoms with Crippen molar-refractivity contribution in [3.8, 4) is 5.75 Å². The van der Waals surface area contributed by atoms with E-state index in [2.05, 4.69) is 4.98 Å². The molecule has 0 radical (unpaired) electrons. The molecule has 0 aliphatic rings. The molecule has 106 valence electrons. The molecule has 2 aromatic rings. The summed E-state index contributed by atoms with van der Waals surface area (Å²) in [5, 5.41) is 0. The summed E-state index contributed by atoms with van der Waals surface area (Å²) in [6, 6.07) is 5.58. The van der Waals surface area contributed by atoms with Crippen LogP contribution in [0.25, 0.3) is 0 Å². The molecule has 0 N–H and O–H groups in total. The Kier molecular flexibility index (Phi) is 3.88. The van der Waals surface area contributed by atoms with Crippen LogP contribution in [0.5, 0.6) is 5.75 Å². The van der Waals surface area contributed by atoms with Gasteiger partial charge in [0, 0.05) is 17.8 Å². The molecule has 1 heterocycles. The predicted octanol–water partition coefficient (Wildman–Crippen LogP) is 3.22. The van der Waals surface area contributed by atoms with Crippen molar-refractivity contribution in [3.05, 3.63) is 48.8 Å². The lowest BCUT2D eigenvalue weighted by Crippen LogP contribution is -2.33. The molecule has 0 aliphatic heterocycles. The molecule has 5 heteroatoms. The summed E-state index contributed by atoms with van der Waals surface area (Å²) in [5.41, 5.74) is -0.561. The van der Waals surface area contributed by atoms with Crippen molar-refractivity contribution in [2.45, 2.75) is 27.0 Å². The molecule has 1 aromatic heterocycles. The van der Waals surface area contributed by atoms with Crippen molar-refractivity contribution in [1.29, 1.82) is 0 Å². The third-order valence-electron chi connectivity index (χ3n) is 2.82. The first-order valence-corrected chi connectivity index (χ1v) is 6.32. The van der Waals surface area contributed by atoms with Gasteiger partial charge in [0.2, 0.25) is 6.23 Å². The maximum absolute atomic E-state index is 12.9. The third kappa shape index (κ3) is 3.23. The summed E-state index contributed by atoms with van der Waals surface area (Å²) in [7, 11) is 0. The first kappa shape index (κ1) is 14.2. The molecule has 0 fully saturated rings. The summed E-state index contributed by atoms with van der Waals surface area (Å²) < 4.78 is 20.2. The van der Waals surface area contributed by atoms with Gasteiger partial charge in [-0.3, -0.25) is 9.36 Å². The lowest BCUT2D eigenvalue weighted by atomic mass is 9.89. The number of benzene rings is 1. The van der Waals surface area contributed by atoms with E-state index in [-0.39, 0.29) is 11.6 Å². The Bertz CT molecular complexity index is 571. The molecule has 1 aromatic carbocycles. The van der Waals surface area contributed by atoms with Gasteiger partial charge in [-0.25, -0.2) is 9.37 Å². The first-order valence-electron chi connectivity index (χ1n) is 6.32. The zero-order valence-corrected chi connectivity index (χ0v) is 11.7. The van der Waals surface area contributed by atoms with Gasteiger partial charge in [0.05, 0.1) is 6.33 Å². The van der Waals surface area contributed by atoms with Crippen LogP contribution < -0.4 is 4.74 Å². The van der Waals surface area contributed by atoms with Crippen LogP contribution in [0.3, 0.4) is 0 Å². The van der Waals surface area contributed by atoms with E-state index in [1.165, 1.54) is 30.6 Å². The smallest absolute Gasteiger partial charge is 0.236 e. The predicted molar refractivity (Wildman–Crippen MR) is 72.8 cm³/mol. The van der Waals surface area contributed by atoms with Crippen LogP contribution in [0.1, 0.15) is 27.0 Å². The van der Waals surface area contributed by atoms with E-state index in [1.54, 1.807) is 17.0 Å². The van der Waals surface area contributed by atoms with E-state index in [1.807, 2.05) is 20.8 Å². The second-order valence-corrected chi connectivity index (χ2v) is 5.55. The average molecular weight is 276 g/mol. The van der Waals surface area contributed by atoms with Crippen LogP contribution in [-0.2, 0) is 4.79 Å². The number of aromatic nitrogens is 2. The normalized spacial score (nSPS) is 13.0. The first-order chi connectivity index (χ1) is 9.38. The van der Waals surface area contributed by atoms with Crippen molar-refractivity contribution in [2.24, 2.45) is 5.41 Å². The van der Waals surface area contributed by atoms with Gasteiger partial charge >= 0.3 is 0 Å². The molecule has 1 unspecified atom stereocenters. The monoisotopic (exact) mass is 276 g/mol. The van der Waals surface area contributed by atoms with Gasteiger partial charge < -0.3 is 4.74 Å². The van der Waals surface area contributed by atoms with Gasteiger partial charge in [-0.1, -0.05) is 20.8 Å². The van der Waals surface area contributed by atoms with Crippen LogP contribution in [0.15, 0.2) is 43.0 Å². The number of hydrogen-bond donors (Lipinski definition) is 0. The Morgan fingerprint density at radius 1 is 1.30 bits per heavy atom. The number of carbonyl (C=O) groups excluding carboxylic acids is 1. The van der Waals surface area contributed by atoms with Crippen LogP contribution in [0.4, 0.5) is 4.39 Å². The second-order valence-electron chi connectivity index (χ2n) is 5.55. The van der Waals surface area contributed by atoms with Crippen molar-refractivity contribution >= 4 is 5.78 Å². The summed E-state index contributed by atoms with van der Waals surface area (Å²) in [6.45, 7) is 5.48. The summed E-state index contributed by atoms with van der Waals surface area (Å²) in [4.78, 5) is 16.4. The quantitative estimate of drug-likeness (QED) is 0.861. The Hall–Kier alpha value is -2.17. The number of carbonyl (C=O) groups is 1. The van der Waals surface area contributed by atoms with E-state index in [0.29, 0.717) is 5.75 Å². The SMILES string of the molecule is CC(C)(C)C(=O)C(Oc1ccc(F)cc1)n1ccnc1. The molecular weight excluding hydrogens is 259 g/mol. The molecule has 4 nitrogen and oxygen atoms in total. The van der Waals surface area contributed by atoms with Gasteiger partial charge in [0.25, 0.3) is 0 Å². The zero-order chi connectivity index (χ0) is 14.8. The number of rotatable bonds is 4. The van der Waals surface area contributed by atoms with Gasteiger partial charge in [0.1, 0.15) is 11.6 Å². The number of imidazole rings is 1. The van der Waals surface area contributed by atoms with Gasteiger partial charge in [-0.05, 0) is 24.3 Å². The number of halogens is 1. The molecule has 0 spiro atoms. The molecule has 0 bridgehead atoms. The van der Waals surface area contributed by atoms with Crippen LogP contribution in [-0.4, -0.2) is 15.3 Å². The molecule has 0 amide bonds. The van der Waals surface area contributed by atoms with Gasteiger partial charge in [-0.15, -0.1) is 0 Å². The molecule has 20 heavy (non-hydrogen) atoms. The van der Waals surface area contributed by atoms with E-state index in [0.717, 1.165) is 0 Å². The topological polar surface area (TPSA) is 44.1 Å². The fraction of sp³-hybridized carbons (Fsp3) is 0.333. The van der Waals surface area contributed by atoms with Crippen molar-refractivity contribution < 1.29 is 13.9 Å². The Morgan fingerprint density at radius 3 is 2.45 bits per heavy atom. The molecule has 2 rings (SSSR count). The Morgan fingerprint density at radius 2 is 1.95 bits per heavy atom. The number of hydrogen-bond acceptors (Lipinski definition) is 3. The fourth-order valence-electron chi connectivity index (χ4n) is 1.67. The van der Waals surface area contributed by atoms with E-state index in [9.17, 15) is 9.18 Å². The summed E-state index contributed by atoms with van der Waals surface area (Å²) in [6.07, 6.45) is 3.95. The maximum atomic E-state index is 12.9. The number of ketones is 1. The molecule has 1 atom stereocenters. The van der Waals surface area contributed by atoms with Crippen LogP contribution >= 0.6 is 0 Å². The lowest BCUT2D eigenvalue weighted by Gasteiger charge is -2.26. The van der Waals surface area contributed by atoms with E-state index < -0.39 is 11.6 Å². The highest BCUT2D eigenvalue weighted by molar-refractivity contribution is 5.86. The molecule has 0 saturated heterocycles. The van der Waals surface area contributed by atoms with Gasteiger partial charge in [0.15, 0.2) is 5.78 Å². The number of ether oxygens (including phenoxy) is 1. The number of Topliss-reactive ketones (excluding diaryl/α,β-unsaturated/α-hetero) is 1. The van der Waals surface area contributed by atoms with Crippen LogP contribution in [0.2, 0.25) is 0 Å². The Labute approximate surface area is 117 Å². The fourth-order valence-corrected chi connectivity index (χ4v) is 1.67. The van der Waals surface area contributed by atoms with Gasteiger partial charge in [-0.2, -0.15) is 0 Å². The minimum Gasteiger partial charge on any atom is -0.463 e. The lowest BCUT2D eigenvalue weighted by molar-refractivity contribution is -0.137. The third-order valence-corrected chi connectivity index (χ3v) is 2.82. The number of nitrogens with zero attached hydrogens (tertiary/aromatic N) is 2. The highest BCUT2D eigenvalue weighted by atomic mass is 19.1. The standard InChI is InChI=1S/C15H17FN2O2/c1-15(2,3)13(19)14(18-9-8-17-10-18)20-12-6-4-11(16)5-7-12/h4-10,14H,1-3H3. The van der Waals surface area contributed by atoms with Crippen molar-refractivity contribution in [3.63, 3.8) is 0 Å². The largest absolute Gasteiger partial charge is 0.463 e. The van der Waals surface area contributed by atoms with E-state index >= 15 is 0 Å². The molecule has 0 saturated carbocycles. The zero-order valence-electron chi connectivity index (χ0n) is 11.7.